The molecule has 0 rings (SSSR count). The van der Waals surface area contributed by atoms with Crippen molar-refractivity contribution in [1.29, 1.82) is 0 Å². The van der Waals surface area contributed by atoms with Crippen LogP contribution in [0.25, 0.3) is 0 Å². The topological polar surface area (TPSA) is 36.9 Å². The summed E-state index contributed by atoms with van der Waals surface area (Å²) < 4.78 is 23.4. The zero-order valence-electron chi connectivity index (χ0n) is 14.8. The average molecular weight is 321 g/mol. The van der Waals surface area contributed by atoms with Crippen molar-refractivity contribution in [3.63, 3.8) is 0 Å². The molecule has 0 spiro atoms. The predicted octanol–water partition coefficient (Wildman–Crippen LogP) is 4.41. The van der Waals surface area contributed by atoms with Gasteiger partial charge >= 0.3 is 8.80 Å². The van der Waals surface area contributed by atoms with E-state index < -0.39 is 8.80 Å². The van der Waals surface area contributed by atoms with Gasteiger partial charge in [0.1, 0.15) is 0 Å². The summed E-state index contributed by atoms with van der Waals surface area (Å²) in [5, 5.41) is 0. The van der Waals surface area contributed by atoms with Gasteiger partial charge in [-0.2, -0.15) is 0 Å². The summed E-state index contributed by atoms with van der Waals surface area (Å²) in [5.41, 5.74) is 0. The Kier molecular flexibility index (Phi) is 13.7. The van der Waals surface area contributed by atoms with E-state index in [-0.39, 0.29) is 6.10 Å². The molecule has 5 heteroatoms. The fourth-order valence-corrected chi connectivity index (χ4v) is 5.04. The Balaban J connectivity index is 4.08. The Labute approximate surface area is 132 Å². The number of ether oxygens (including phenoxy) is 1. The van der Waals surface area contributed by atoms with Gasteiger partial charge in [0.05, 0.1) is 6.10 Å². The van der Waals surface area contributed by atoms with E-state index in [9.17, 15) is 0 Å². The lowest BCUT2D eigenvalue weighted by molar-refractivity contribution is 0.0435. The summed E-state index contributed by atoms with van der Waals surface area (Å²) in [4.78, 5) is 0. The summed E-state index contributed by atoms with van der Waals surface area (Å²) in [6, 6.07) is 0.832. The van der Waals surface area contributed by atoms with Crippen molar-refractivity contribution >= 4 is 8.80 Å². The van der Waals surface area contributed by atoms with E-state index >= 15 is 0 Å². The SMILES string of the molecule is CCCCCCOC(C)CC[Si](OCC)(OCC)OCC. The van der Waals surface area contributed by atoms with Crippen molar-refractivity contribution in [2.75, 3.05) is 26.4 Å². The molecule has 0 aromatic carbocycles. The monoisotopic (exact) mass is 320 g/mol. The third kappa shape index (κ3) is 10.4. The van der Waals surface area contributed by atoms with Crippen LogP contribution >= 0.6 is 0 Å². The maximum atomic E-state index is 5.87. The Bertz CT molecular complexity index is 209. The van der Waals surface area contributed by atoms with Crippen LogP contribution in [0.1, 0.15) is 66.7 Å². The molecule has 0 aliphatic heterocycles. The Hall–Kier alpha value is 0.0569. The highest BCUT2D eigenvalue weighted by molar-refractivity contribution is 6.60. The zero-order valence-corrected chi connectivity index (χ0v) is 15.8. The van der Waals surface area contributed by atoms with Gasteiger partial charge in [-0.05, 0) is 40.5 Å². The first-order chi connectivity index (χ1) is 10.1. The first-order valence-corrected chi connectivity index (χ1v) is 10.6. The van der Waals surface area contributed by atoms with E-state index in [0.717, 1.165) is 25.5 Å². The van der Waals surface area contributed by atoms with Gasteiger partial charge in [0.25, 0.3) is 0 Å². The molecule has 0 saturated heterocycles. The van der Waals surface area contributed by atoms with Crippen LogP contribution in [-0.4, -0.2) is 41.3 Å². The number of rotatable bonds is 15. The molecule has 0 aromatic rings. The lowest BCUT2D eigenvalue weighted by Crippen LogP contribution is -2.46. The van der Waals surface area contributed by atoms with E-state index in [4.69, 9.17) is 18.0 Å². The minimum absolute atomic E-state index is 0.236. The summed E-state index contributed by atoms with van der Waals surface area (Å²) in [6.07, 6.45) is 6.15. The molecule has 0 bridgehead atoms. The molecule has 0 aromatic heterocycles. The van der Waals surface area contributed by atoms with Crippen LogP contribution in [0.2, 0.25) is 6.04 Å². The van der Waals surface area contributed by atoms with Gasteiger partial charge in [0, 0.05) is 32.5 Å². The van der Waals surface area contributed by atoms with Crippen molar-refractivity contribution in [3.05, 3.63) is 0 Å². The molecule has 0 aliphatic rings. The lowest BCUT2D eigenvalue weighted by Gasteiger charge is -2.29. The van der Waals surface area contributed by atoms with Gasteiger partial charge in [-0.15, -0.1) is 0 Å². The van der Waals surface area contributed by atoms with Crippen molar-refractivity contribution in [1.82, 2.24) is 0 Å². The van der Waals surface area contributed by atoms with Crippen molar-refractivity contribution in [2.45, 2.75) is 78.9 Å². The van der Waals surface area contributed by atoms with Crippen LogP contribution in [0.15, 0.2) is 0 Å². The maximum absolute atomic E-state index is 5.87. The van der Waals surface area contributed by atoms with E-state index in [1.807, 2.05) is 20.8 Å². The van der Waals surface area contributed by atoms with E-state index in [0.29, 0.717) is 19.8 Å². The Morgan fingerprint density at radius 3 is 1.86 bits per heavy atom. The molecule has 1 unspecified atom stereocenters. The highest BCUT2D eigenvalue weighted by atomic mass is 28.4. The molecule has 0 N–H and O–H groups in total. The standard InChI is InChI=1S/C16H36O4Si/c1-6-10-11-12-14-17-16(5)13-15-21(18-7-2,19-8-3)20-9-4/h16H,6-15H2,1-5H3. The molecule has 128 valence electrons. The fourth-order valence-electron chi connectivity index (χ4n) is 2.28. The second-order valence-electron chi connectivity index (χ2n) is 5.26. The maximum Gasteiger partial charge on any atom is 0.501 e. The normalized spacial score (nSPS) is 13.6. The zero-order chi connectivity index (χ0) is 16.0. The quantitative estimate of drug-likeness (QED) is 0.331. The molecular formula is C16H36O4Si. The van der Waals surface area contributed by atoms with Crippen molar-refractivity contribution < 1.29 is 18.0 Å². The van der Waals surface area contributed by atoms with Crippen LogP contribution in [0.4, 0.5) is 0 Å². The molecule has 0 heterocycles. The summed E-state index contributed by atoms with van der Waals surface area (Å²) >= 11 is 0. The highest BCUT2D eigenvalue weighted by Gasteiger charge is 2.40. The van der Waals surface area contributed by atoms with Crippen LogP contribution in [-0.2, 0) is 18.0 Å². The Morgan fingerprint density at radius 1 is 0.810 bits per heavy atom. The molecule has 0 saturated carbocycles. The van der Waals surface area contributed by atoms with Crippen LogP contribution in [0, 0.1) is 0 Å². The number of hydrogen-bond donors (Lipinski definition) is 0. The molecule has 0 radical (unpaired) electrons. The highest BCUT2D eigenvalue weighted by Crippen LogP contribution is 2.20. The van der Waals surface area contributed by atoms with Crippen LogP contribution in [0.3, 0.4) is 0 Å². The lowest BCUT2D eigenvalue weighted by atomic mass is 10.2. The van der Waals surface area contributed by atoms with Gasteiger partial charge in [-0.25, -0.2) is 0 Å². The summed E-state index contributed by atoms with van der Waals surface area (Å²) in [6.45, 7) is 13.1. The molecule has 0 fully saturated rings. The van der Waals surface area contributed by atoms with Gasteiger partial charge < -0.3 is 18.0 Å². The number of unbranched alkanes of at least 4 members (excludes halogenated alkanes) is 3. The second-order valence-corrected chi connectivity index (χ2v) is 7.99. The smallest absolute Gasteiger partial charge is 0.379 e. The second kappa shape index (κ2) is 13.7. The van der Waals surface area contributed by atoms with E-state index in [1.165, 1.54) is 19.3 Å². The molecule has 1 atom stereocenters. The Morgan fingerprint density at radius 2 is 1.38 bits per heavy atom. The molecule has 0 amide bonds. The summed E-state index contributed by atoms with van der Waals surface area (Å²) in [5.74, 6) is 0. The van der Waals surface area contributed by atoms with E-state index in [1.54, 1.807) is 0 Å². The van der Waals surface area contributed by atoms with Crippen molar-refractivity contribution in [2.24, 2.45) is 0 Å². The third-order valence-corrected chi connectivity index (χ3v) is 6.44. The van der Waals surface area contributed by atoms with Gasteiger partial charge in [0.15, 0.2) is 0 Å². The molecule has 4 nitrogen and oxygen atoms in total. The third-order valence-electron chi connectivity index (χ3n) is 3.35. The predicted molar refractivity (Wildman–Crippen MR) is 89.6 cm³/mol. The van der Waals surface area contributed by atoms with Crippen LogP contribution in [0.5, 0.6) is 0 Å². The average Bonchev–Trinajstić information content (AvgIpc) is 2.46. The van der Waals surface area contributed by atoms with Gasteiger partial charge in [-0.3, -0.25) is 0 Å². The first-order valence-electron chi connectivity index (χ1n) is 8.67. The largest absolute Gasteiger partial charge is 0.501 e. The fraction of sp³-hybridized carbons (Fsp3) is 1.00. The molecule has 21 heavy (non-hydrogen) atoms. The number of hydrogen-bond acceptors (Lipinski definition) is 4. The molecule has 0 aliphatic carbocycles. The minimum atomic E-state index is -2.50. The van der Waals surface area contributed by atoms with Crippen LogP contribution < -0.4 is 0 Å². The first kappa shape index (κ1) is 21.1. The van der Waals surface area contributed by atoms with Gasteiger partial charge in [0.2, 0.25) is 0 Å². The van der Waals surface area contributed by atoms with Gasteiger partial charge in [-0.1, -0.05) is 26.2 Å². The molecular weight excluding hydrogens is 284 g/mol. The van der Waals surface area contributed by atoms with Crippen molar-refractivity contribution in [3.8, 4) is 0 Å². The van der Waals surface area contributed by atoms with E-state index in [2.05, 4.69) is 13.8 Å². The minimum Gasteiger partial charge on any atom is -0.379 e. The summed E-state index contributed by atoms with van der Waals surface area (Å²) in [7, 11) is -2.50.